The Morgan fingerprint density at radius 2 is 1.61 bits per heavy atom. The molecule has 5 nitrogen and oxygen atoms in total. The van der Waals surface area contributed by atoms with E-state index < -0.39 is 10.0 Å². The Kier molecular flexibility index (Phi) is 5.86. The largest absolute Gasteiger partial charge is 0.322 e. The molecule has 0 radical (unpaired) electrons. The van der Waals surface area contributed by atoms with E-state index in [9.17, 15) is 13.2 Å². The first kappa shape index (κ1) is 20.1. The van der Waals surface area contributed by atoms with Crippen molar-refractivity contribution < 1.29 is 13.2 Å². The molecule has 1 amide bonds. The Morgan fingerprint density at radius 1 is 0.893 bits per heavy atom. The van der Waals surface area contributed by atoms with Crippen LogP contribution in [0.15, 0.2) is 76.1 Å². The molecule has 0 aliphatic rings. The van der Waals surface area contributed by atoms with Gasteiger partial charge in [0.05, 0.1) is 4.90 Å². The summed E-state index contributed by atoms with van der Waals surface area (Å²) in [6.45, 7) is 3.58. The van der Waals surface area contributed by atoms with Crippen LogP contribution < -0.4 is 10.0 Å². The van der Waals surface area contributed by atoms with Crippen molar-refractivity contribution in [3.63, 3.8) is 0 Å². The summed E-state index contributed by atoms with van der Waals surface area (Å²) < 4.78 is 29.1. The lowest BCUT2D eigenvalue weighted by atomic mass is 10.1. The van der Waals surface area contributed by atoms with E-state index in [-0.39, 0.29) is 16.4 Å². The lowest BCUT2D eigenvalue weighted by Gasteiger charge is -2.13. The smallest absolute Gasteiger partial charge is 0.262 e. The van der Waals surface area contributed by atoms with Crippen LogP contribution in [0.5, 0.6) is 0 Å². The highest BCUT2D eigenvalue weighted by Crippen LogP contribution is 2.22. The average molecular weight is 459 g/mol. The molecule has 0 atom stereocenters. The second kappa shape index (κ2) is 8.16. The van der Waals surface area contributed by atoms with Gasteiger partial charge in [-0.05, 0) is 67.4 Å². The molecule has 0 heterocycles. The molecule has 3 aromatic rings. The lowest BCUT2D eigenvalue weighted by Crippen LogP contribution is -2.17. The number of halogens is 1. The van der Waals surface area contributed by atoms with Gasteiger partial charge in [0, 0.05) is 21.4 Å². The third kappa shape index (κ3) is 4.79. The van der Waals surface area contributed by atoms with Crippen LogP contribution in [0.25, 0.3) is 0 Å². The predicted octanol–water partition coefficient (Wildman–Crippen LogP) is 5.12. The van der Waals surface area contributed by atoms with Crippen molar-refractivity contribution in [2.75, 3.05) is 10.0 Å². The fraction of sp³-hybridized carbons (Fsp3) is 0.0952. The lowest BCUT2D eigenvalue weighted by molar-refractivity contribution is 0.102. The van der Waals surface area contributed by atoms with Crippen molar-refractivity contribution in [2.24, 2.45) is 0 Å². The third-order valence-corrected chi connectivity index (χ3v) is 6.11. The molecule has 2 N–H and O–H groups in total. The van der Waals surface area contributed by atoms with Crippen molar-refractivity contribution in [1.29, 1.82) is 0 Å². The van der Waals surface area contributed by atoms with Gasteiger partial charge in [-0.3, -0.25) is 9.52 Å². The van der Waals surface area contributed by atoms with Gasteiger partial charge in [-0.2, -0.15) is 0 Å². The quantitative estimate of drug-likeness (QED) is 0.556. The van der Waals surface area contributed by atoms with Crippen molar-refractivity contribution in [3.05, 3.63) is 87.9 Å². The van der Waals surface area contributed by atoms with Crippen molar-refractivity contribution in [1.82, 2.24) is 0 Å². The molecule has 0 spiro atoms. The predicted molar refractivity (Wildman–Crippen MR) is 115 cm³/mol. The molecule has 0 aliphatic heterocycles. The molecule has 0 saturated carbocycles. The molecular formula is C21H19BrN2O3S. The SMILES string of the molecule is Cc1cccc(NS(=O)(=O)c2cc(C(=O)Nc3cccc(Br)c3)ccc2C)c1. The number of rotatable bonds is 5. The minimum atomic E-state index is -3.83. The van der Waals surface area contributed by atoms with Gasteiger partial charge in [0.2, 0.25) is 0 Å². The fourth-order valence-corrected chi connectivity index (χ4v) is 4.44. The maximum Gasteiger partial charge on any atom is 0.262 e. The van der Waals surface area contributed by atoms with Crippen LogP contribution >= 0.6 is 15.9 Å². The number of carbonyl (C=O) groups excluding carboxylic acids is 1. The van der Waals surface area contributed by atoms with E-state index in [0.29, 0.717) is 16.9 Å². The minimum Gasteiger partial charge on any atom is -0.322 e. The number of aryl methyl sites for hydroxylation is 2. The molecule has 0 aromatic heterocycles. The number of sulfonamides is 1. The van der Waals surface area contributed by atoms with E-state index >= 15 is 0 Å². The highest BCUT2D eigenvalue weighted by Gasteiger charge is 2.19. The summed E-state index contributed by atoms with van der Waals surface area (Å²) in [6.07, 6.45) is 0. The summed E-state index contributed by atoms with van der Waals surface area (Å²) in [5.74, 6) is -0.384. The minimum absolute atomic E-state index is 0.0656. The second-order valence-electron chi connectivity index (χ2n) is 6.42. The van der Waals surface area contributed by atoms with Gasteiger partial charge in [0.1, 0.15) is 0 Å². The number of hydrogen-bond donors (Lipinski definition) is 2. The van der Waals surface area contributed by atoms with Gasteiger partial charge < -0.3 is 5.32 Å². The van der Waals surface area contributed by atoms with Crippen LogP contribution in [0.2, 0.25) is 0 Å². The summed E-state index contributed by atoms with van der Waals surface area (Å²) >= 11 is 3.35. The van der Waals surface area contributed by atoms with E-state index in [1.807, 2.05) is 19.1 Å². The number of amides is 1. The van der Waals surface area contributed by atoms with E-state index in [1.165, 1.54) is 6.07 Å². The molecule has 7 heteroatoms. The Morgan fingerprint density at radius 3 is 2.32 bits per heavy atom. The summed E-state index contributed by atoms with van der Waals surface area (Å²) in [5.41, 5.74) is 2.85. The van der Waals surface area contributed by atoms with Crippen LogP contribution in [-0.2, 0) is 10.0 Å². The molecule has 28 heavy (non-hydrogen) atoms. The first-order chi connectivity index (χ1) is 13.2. The van der Waals surface area contributed by atoms with Gasteiger partial charge in [-0.25, -0.2) is 8.42 Å². The second-order valence-corrected chi connectivity index (χ2v) is 8.99. The summed E-state index contributed by atoms with van der Waals surface area (Å²) in [7, 11) is -3.83. The molecule has 0 unspecified atom stereocenters. The average Bonchev–Trinajstić information content (AvgIpc) is 2.61. The normalized spacial score (nSPS) is 11.1. The molecule has 3 aromatic carbocycles. The molecule has 0 bridgehead atoms. The Bertz CT molecular complexity index is 1140. The van der Waals surface area contributed by atoms with E-state index in [4.69, 9.17) is 0 Å². The molecule has 0 aliphatic carbocycles. The third-order valence-electron chi connectivity index (χ3n) is 4.09. The monoisotopic (exact) mass is 458 g/mol. The van der Waals surface area contributed by atoms with Gasteiger partial charge >= 0.3 is 0 Å². The molecule has 144 valence electrons. The molecular weight excluding hydrogens is 440 g/mol. The van der Waals surface area contributed by atoms with Crippen LogP contribution in [0.4, 0.5) is 11.4 Å². The number of hydrogen-bond acceptors (Lipinski definition) is 3. The number of carbonyl (C=O) groups is 1. The molecule has 3 rings (SSSR count). The standard InChI is InChI=1S/C21H19BrN2O3S/c1-14-5-3-8-19(11-14)24-28(26,27)20-12-16(10-9-15(20)2)21(25)23-18-7-4-6-17(22)13-18/h3-13,24H,1-2H3,(H,23,25). The van der Waals surface area contributed by atoms with E-state index in [1.54, 1.807) is 55.5 Å². The van der Waals surface area contributed by atoms with Crippen molar-refractivity contribution in [2.45, 2.75) is 18.7 Å². The summed E-state index contributed by atoms with van der Waals surface area (Å²) in [6, 6.07) is 18.9. The highest BCUT2D eigenvalue weighted by atomic mass is 79.9. The maximum absolute atomic E-state index is 12.9. The maximum atomic E-state index is 12.9. The van der Waals surface area contributed by atoms with Gasteiger partial charge in [-0.1, -0.05) is 40.2 Å². The zero-order valence-electron chi connectivity index (χ0n) is 15.4. The van der Waals surface area contributed by atoms with Gasteiger partial charge in [-0.15, -0.1) is 0 Å². The Balaban J connectivity index is 1.89. The zero-order chi connectivity index (χ0) is 20.3. The molecule has 0 saturated heterocycles. The van der Waals surface area contributed by atoms with Crippen LogP contribution in [0.1, 0.15) is 21.5 Å². The highest BCUT2D eigenvalue weighted by molar-refractivity contribution is 9.10. The summed E-state index contributed by atoms with van der Waals surface area (Å²) in [5, 5.41) is 2.77. The summed E-state index contributed by atoms with van der Waals surface area (Å²) in [4.78, 5) is 12.6. The van der Waals surface area contributed by atoms with E-state index in [0.717, 1.165) is 10.0 Å². The zero-order valence-corrected chi connectivity index (χ0v) is 17.8. The van der Waals surface area contributed by atoms with E-state index in [2.05, 4.69) is 26.0 Å². The molecule has 0 fully saturated rings. The Hall–Kier alpha value is -2.64. The first-order valence-corrected chi connectivity index (χ1v) is 10.8. The first-order valence-electron chi connectivity index (χ1n) is 8.52. The van der Waals surface area contributed by atoms with Crippen LogP contribution in [-0.4, -0.2) is 14.3 Å². The Labute approximate surface area is 173 Å². The fourth-order valence-electron chi connectivity index (χ4n) is 2.72. The number of nitrogens with one attached hydrogen (secondary N) is 2. The van der Waals surface area contributed by atoms with Gasteiger partial charge in [0.15, 0.2) is 0 Å². The van der Waals surface area contributed by atoms with Crippen LogP contribution in [0, 0.1) is 13.8 Å². The topological polar surface area (TPSA) is 75.3 Å². The van der Waals surface area contributed by atoms with Gasteiger partial charge in [0.25, 0.3) is 15.9 Å². The number of benzene rings is 3. The number of anilines is 2. The van der Waals surface area contributed by atoms with Crippen LogP contribution in [0.3, 0.4) is 0 Å². The van der Waals surface area contributed by atoms with Crippen molar-refractivity contribution >= 4 is 43.2 Å². The van der Waals surface area contributed by atoms with Crippen molar-refractivity contribution in [3.8, 4) is 0 Å².